The fourth-order valence-corrected chi connectivity index (χ4v) is 1.73. The van der Waals surface area contributed by atoms with Gasteiger partial charge in [0.15, 0.2) is 5.82 Å². The quantitative estimate of drug-likeness (QED) is 0.825. The average molecular weight is 259 g/mol. The summed E-state index contributed by atoms with van der Waals surface area (Å²) in [6, 6.07) is 1.32. The van der Waals surface area contributed by atoms with Gasteiger partial charge < -0.3 is 5.32 Å². The molecule has 1 aromatic rings. The summed E-state index contributed by atoms with van der Waals surface area (Å²) in [6.07, 6.45) is 3.09. The van der Waals surface area contributed by atoms with E-state index in [2.05, 4.69) is 10.3 Å². The molecule has 0 spiro atoms. The zero-order valence-corrected chi connectivity index (χ0v) is 10.7. The number of amides is 1. The van der Waals surface area contributed by atoms with Crippen LogP contribution >= 0.6 is 11.6 Å². The molecule has 0 saturated carbocycles. The zero-order valence-electron chi connectivity index (χ0n) is 9.91. The lowest BCUT2D eigenvalue weighted by molar-refractivity contribution is 0.0920. The summed E-state index contributed by atoms with van der Waals surface area (Å²) in [7, 11) is 0. The van der Waals surface area contributed by atoms with E-state index in [1.54, 1.807) is 0 Å². The molecule has 17 heavy (non-hydrogen) atoms. The molecule has 1 rings (SSSR count). The van der Waals surface area contributed by atoms with E-state index in [-0.39, 0.29) is 17.5 Å². The topological polar surface area (TPSA) is 42.0 Å². The number of nitrogens with zero attached hydrogens (tertiary/aromatic N) is 1. The van der Waals surface area contributed by atoms with Crippen molar-refractivity contribution >= 4 is 17.5 Å². The number of nitrogens with one attached hydrogen (secondary N) is 1. The van der Waals surface area contributed by atoms with Crippen LogP contribution in [0.25, 0.3) is 0 Å². The Morgan fingerprint density at radius 1 is 1.59 bits per heavy atom. The molecule has 0 aliphatic heterocycles. The highest BCUT2D eigenvalue weighted by molar-refractivity contribution is 6.17. The molecule has 0 saturated heterocycles. The van der Waals surface area contributed by atoms with Crippen molar-refractivity contribution in [3.63, 3.8) is 0 Å². The van der Waals surface area contributed by atoms with E-state index in [4.69, 9.17) is 11.6 Å². The van der Waals surface area contributed by atoms with Gasteiger partial charge in [-0.05, 0) is 18.4 Å². The Morgan fingerprint density at radius 3 is 2.82 bits per heavy atom. The Bertz CT molecular complexity index is 385. The van der Waals surface area contributed by atoms with Crippen molar-refractivity contribution in [2.24, 2.45) is 5.92 Å². The van der Waals surface area contributed by atoms with Gasteiger partial charge in [0, 0.05) is 18.1 Å². The standard InChI is InChI=1S/C12H16ClFN2O/c1-8(2)11(3-5-13)16-12(17)9-4-6-15-7-10(9)14/h4,6-8,11H,3,5H2,1-2H3,(H,16,17). The highest BCUT2D eigenvalue weighted by Gasteiger charge is 2.18. The molecule has 5 heteroatoms. The summed E-state index contributed by atoms with van der Waals surface area (Å²) < 4.78 is 13.3. The van der Waals surface area contributed by atoms with Crippen LogP contribution in [0.4, 0.5) is 4.39 Å². The minimum absolute atomic E-state index is 0.0141. The summed E-state index contributed by atoms with van der Waals surface area (Å²) in [5.74, 6) is -0.322. The molecule has 0 radical (unpaired) electrons. The molecule has 3 nitrogen and oxygen atoms in total. The molecule has 1 aromatic heterocycles. The first-order valence-corrected chi connectivity index (χ1v) is 6.06. The molecule has 0 bridgehead atoms. The van der Waals surface area contributed by atoms with Gasteiger partial charge in [0.1, 0.15) is 0 Å². The maximum absolute atomic E-state index is 13.3. The van der Waals surface area contributed by atoms with E-state index < -0.39 is 11.7 Å². The van der Waals surface area contributed by atoms with Crippen molar-refractivity contribution in [3.8, 4) is 0 Å². The van der Waals surface area contributed by atoms with Crippen LogP contribution in [0.5, 0.6) is 0 Å². The van der Waals surface area contributed by atoms with Crippen molar-refractivity contribution in [2.75, 3.05) is 5.88 Å². The van der Waals surface area contributed by atoms with Crippen molar-refractivity contribution in [1.29, 1.82) is 0 Å². The minimum Gasteiger partial charge on any atom is -0.349 e. The van der Waals surface area contributed by atoms with Crippen LogP contribution in [0.1, 0.15) is 30.6 Å². The second-order valence-corrected chi connectivity index (χ2v) is 4.54. The predicted octanol–water partition coefficient (Wildman–Crippen LogP) is 2.60. The third-order valence-electron chi connectivity index (χ3n) is 2.56. The summed E-state index contributed by atoms with van der Waals surface area (Å²) in [5.41, 5.74) is 0.0141. The maximum atomic E-state index is 13.3. The lowest BCUT2D eigenvalue weighted by Gasteiger charge is -2.21. The SMILES string of the molecule is CC(C)C(CCCl)NC(=O)c1ccncc1F. The molecule has 0 aliphatic rings. The minimum atomic E-state index is -0.613. The molecule has 1 heterocycles. The molecular formula is C12H16ClFN2O. The second kappa shape index (κ2) is 6.55. The average Bonchev–Trinajstić information content (AvgIpc) is 2.28. The van der Waals surface area contributed by atoms with Gasteiger partial charge in [0.05, 0.1) is 11.8 Å². The first-order chi connectivity index (χ1) is 8.06. The van der Waals surface area contributed by atoms with Gasteiger partial charge in [-0.25, -0.2) is 4.39 Å². The van der Waals surface area contributed by atoms with Crippen LogP contribution in [0.3, 0.4) is 0 Å². The molecule has 94 valence electrons. The molecule has 1 amide bonds. The largest absolute Gasteiger partial charge is 0.349 e. The number of halogens is 2. The lowest BCUT2D eigenvalue weighted by Crippen LogP contribution is -2.39. The number of hydrogen-bond acceptors (Lipinski definition) is 2. The van der Waals surface area contributed by atoms with Gasteiger partial charge >= 0.3 is 0 Å². The summed E-state index contributed by atoms with van der Waals surface area (Å²) in [6.45, 7) is 3.97. The van der Waals surface area contributed by atoms with E-state index in [0.29, 0.717) is 12.3 Å². The van der Waals surface area contributed by atoms with Crippen molar-refractivity contribution in [3.05, 3.63) is 29.8 Å². The zero-order chi connectivity index (χ0) is 12.8. The van der Waals surface area contributed by atoms with Gasteiger partial charge in [-0.1, -0.05) is 13.8 Å². The highest BCUT2D eigenvalue weighted by Crippen LogP contribution is 2.10. The third kappa shape index (κ3) is 3.97. The van der Waals surface area contributed by atoms with E-state index >= 15 is 0 Å². The van der Waals surface area contributed by atoms with Crippen LogP contribution in [0.2, 0.25) is 0 Å². The van der Waals surface area contributed by atoms with Crippen LogP contribution in [-0.2, 0) is 0 Å². The molecule has 0 aliphatic carbocycles. The van der Waals surface area contributed by atoms with Crippen LogP contribution in [-0.4, -0.2) is 22.8 Å². The van der Waals surface area contributed by atoms with Gasteiger partial charge in [0.25, 0.3) is 5.91 Å². The number of hydrogen-bond donors (Lipinski definition) is 1. The number of rotatable bonds is 5. The van der Waals surface area contributed by atoms with Gasteiger partial charge in [0.2, 0.25) is 0 Å². The molecule has 1 unspecified atom stereocenters. The number of alkyl halides is 1. The predicted molar refractivity (Wildman–Crippen MR) is 65.6 cm³/mol. The molecular weight excluding hydrogens is 243 g/mol. The van der Waals surface area contributed by atoms with Crippen molar-refractivity contribution in [2.45, 2.75) is 26.3 Å². The van der Waals surface area contributed by atoms with Gasteiger partial charge in [-0.3, -0.25) is 9.78 Å². The first-order valence-electron chi connectivity index (χ1n) is 5.52. The van der Waals surface area contributed by atoms with Crippen LogP contribution in [0, 0.1) is 11.7 Å². The monoisotopic (exact) mass is 258 g/mol. The second-order valence-electron chi connectivity index (χ2n) is 4.16. The fourth-order valence-electron chi connectivity index (χ4n) is 1.50. The number of carbonyl (C=O) groups excluding carboxylic acids is 1. The smallest absolute Gasteiger partial charge is 0.254 e. The molecule has 1 atom stereocenters. The van der Waals surface area contributed by atoms with Gasteiger partial charge in [-0.15, -0.1) is 11.6 Å². The molecule has 1 N–H and O–H groups in total. The normalized spacial score (nSPS) is 12.5. The van der Waals surface area contributed by atoms with E-state index in [9.17, 15) is 9.18 Å². The fraction of sp³-hybridized carbons (Fsp3) is 0.500. The Kier molecular flexibility index (Phi) is 5.35. The highest BCUT2D eigenvalue weighted by atomic mass is 35.5. The van der Waals surface area contributed by atoms with E-state index in [1.807, 2.05) is 13.8 Å². The number of aromatic nitrogens is 1. The Balaban J connectivity index is 2.74. The first kappa shape index (κ1) is 13.9. The molecule has 0 fully saturated rings. The molecule has 0 aromatic carbocycles. The van der Waals surface area contributed by atoms with Crippen molar-refractivity contribution < 1.29 is 9.18 Å². The Labute approximate surface area is 105 Å². The number of carbonyl (C=O) groups is 1. The summed E-state index contributed by atoms with van der Waals surface area (Å²) >= 11 is 5.67. The number of pyridine rings is 1. The van der Waals surface area contributed by atoms with E-state index in [0.717, 1.165) is 6.20 Å². The summed E-state index contributed by atoms with van der Waals surface area (Å²) in [4.78, 5) is 15.4. The maximum Gasteiger partial charge on any atom is 0.254 e. The third-order valence-corrected chi connectivity index (χ3v) is 2.78. The van der Waals surface area contributed by atoms with E-state index in [1.165, 1.54) is 12.3 Å². The van der Waals surface area contributed by atoms with Gasteiger partial charge in [-0.2, -0.15) is 0 Å². The Hall–Kier alpha value is -1.16. The summed E-state index contributed by atoms with van der Waals surface area (Å²) in [5, 5.41) is 2.78. The van der Waals surface area contributed by atoms with Crippen LogP contribution in [0.15, 0.2) is 18.5 Å². The lowest BCUT2D eigenvalue weighted by atomic mass is 10.0. The van der Waals surface area contributed by atoms with Crippen LogP contribution < -0.4 is 5.32 Å². The Morgan fingerprint density at radius 2 is 2.29 bits per heavy atom. The van der Waals surface area contributed by atoms with Crippen molar-refractivity contribution in [1.82, 2.24) is 10.3 Å².